The number of nitrogens with two attached hydrogens (primary N) is 1. The van der Waals surface area contributed by atoms with Gasteiger partial charge in [-0.1, -0.05) is 103 Å². The number of unbranched alkanes of at least 4 members (excludes halogenated alkanes) is 1. The maximum Gasteiger partial charge on any atom is 0.490 e. The summed E-state index contributed by atoms with van der Waals surface area (Å²) in [6.45, 7) is 0.599. The molecule has 0 aliphatic heterocycles. The number of nitrogens with one attached hydrogen (secondary N) is 4. The molecular formula is C40H47BrF3N5O7. The molecule has 7 N–H and O–H groups in total. The van der Waals surface area contributed by atoms with Crippen molar-refractivity contribution in [2.24, 2.45) is 11.7 Å². The molecule has 1 fully saturated rings. The molecule has 2 aliphatic rings. The van der Waals surface area contributed by atoms with Gasteiger partial charge in [0.05, 0.1) is 5.33 Å². The fourth-order valence-corrected chi connectivity index (χ4v) is 7.04. The number of aliphatic carboxylic acids is 1. The molecule has 0 aromatic heterocycles. The number of rotatable bonds is 15. The van der Waals surface area contributed by atoms with Crippen molar-refractivity contribution >= 4 is 57.1 Å². The maximum absolute atomic E-state index is 13.9. The average molecular weight is 847 g/mol. The lowest BCUT2D eigenvalue weighted by atomic mass is 9.84. The van der Waals surface area contributed by atoms with E-state index in [2.05, 4.69) is 61.5 Å². The number of amides is 4. The molecule has 16 heteroatoms. The Kier molecular flexibility index (Phi) is 16.7. The van der Waals surface area contributed by atoms with Gasteiger partial charge in [-0.15, -0.1) is 0 Å². The third-order valence-electron chi connectivity index (χ3n) is 9.60. The number of alkyl carbamates (subject to hydrolysis) is 1. The number of benzene rings is 3. The van der Waals surface area contributed by atoms with Gasteiger partial charge in [0.25, 0.3) is 0 Å². The van der Waals surface area contributed by atoms with E-state index in [0.29, 0.717) is 43.6 Å². The van der Waals surface area contributed by atoms with Gasteiger partial charge in [0.1, 0.15) is 18.7 Å². The van der Waals surface area contributed by atoms with Gasteiger partial charge in [-0.05, 0) is 78.6 Å². The van der Waals surface area contributed by atoms with Crippen molar-refractivity contribution in [3.05, 3.63) is 83.9 Å². The highest BCUT2D eigenvalue weighted by atomic mass is 79.9. The van der Waals surface area contributed by atoms with Crippen LogP contribution >= 0.6 is 15.9 Å². The van der Waals surface area contributed by atoms with Gasteiger partial charge in [0, 0.05) is 17.3 Å². The molecule has 2 aliphatic carbocycles. The summed E-state index contributed by atoms with van der Waals surface area (Å²) in [7, 11) is 0. The van der Waals surface area contributed by atoms with E-state index in [1.54, 1.807) is 24.3 Å². The minimum atomic E-state index is -5.08. The van der Waals surface area contributed by atoms with E-state index in [-0.39, 0.29) is 29.7 Å². The summed E-state index contributed by atoms with van der Waals surface area (Å²) in [4.78, 5) is 61.5. The van der Waals surface area contributed by atoms with E-state index in [1.807, 2.05) is 24.3 Å². The van der Waals surface area contributed by atoms with Crippen LogP contribution in [0, 0.1) is 5.92 Å². The van der Waals surface area contributed by atoms with E-state index >= 15 is 0 Å². The second-order valence-electron chi connectivity index (χ2n) is 13.7. The lowest BCUT2D eigenvalue weighted by molar-refractivity contribution is -0.192. The summed E-state index contributed by atoms with van der Waals surface area (Å²) < 4.78 is 37.5. The van der Waals surface area contributed by atoms with Crippen molar-refractivity contribution in [1.82, 2.24) is 10.6 Å². The molecule has 5 rings (SSSR count). The van der Waals surface area contributed by atoms with Crippen LogP contribution in [-0.4, -0.2) is 71.6 Å². The Bertz CT molecular complexity index is 1780. The summed E-state index contributed by atoms with van der Waals surface area (Å²) in [5, 5.41) is 18.7. The zero-order valence-electron chi connectivity index (χ0n) is 30.7. The average Bonchev–Trinajstić information content (AvgIpc) is 3.50. The van der Waals surface area contributed by atoms with Gasteiger partial charge in [-0.25, -0.2) is 9.59 Å². The third kappa shape index (κ3) is 13.1. The molecule has 4 amide bonds. The predicted molar refractivity (Wildman–Crippen MR) is 209 cm³/mol. The fraction of sp³-hybridized carbons (Fsp3) is 0.425. The van der Waals surface area contributed by atoms with E-state index < -0.39 is 42.1 Å². The number of fused-ring (bicyclic) bond motifs is 3. The Hall–Kier alpha value is -4.96. The number of carbonyl (C=O) groups is 5. The lowest BCUT2D eigenvalue weighted by Gasteiger charge is -2.28. The minimum Gasteiger partial charge on any atom is -0.475 e. The van der Waals surface area contributed by atoms with Gasteiger partial charge in [0.15, 0.2) is 0 Å². The number of halogens is 4. The summed E-state index contributed by atoms with van der Waals surface area (Å²) >= 11 is 3.13. The number of hydrogen-bond donors (Lipinski definition) is 6. The molecule has 0 radical (unpaired) electrons. The van der Waals surface area contributed by atoms with Crippen LogP contribution < -0.4 is 27.0 Å². The molecule has 0 bridgehead atoms. The molecular weight excluding hydrogens is 799 g/mol. The first-order valence-electron chi connectivity index (χ1n) is 18.5. The van der Waals surface area contributed by atoms with Crippen LogP contribution in [0.1, 0.15) is 74.8 Å². The summed E-state index contributed by atoms with van der Waals surface area (Å²) in [6, 6.07) is 21.4. The molecule has 0 spiro atoms. The summed E-state index contributed by atoms with van der Waals surface area (Å²) in [6.07, 6.45) is 1.71. The SMILES string of the molecule is NCCCC[C@H](NC(=O)[C@H](CC1CCCCC1)NC(=O)OCC1c2ccccc2-c2ccccc21)C(=O)Nc1cccc(NC(=O)CBr)c1.O=C(O)C(F)(F)F. The first-order chi connectivity index (χ1) is 26.8. The van der Waals surface area contributed by atoms with E-state index in [9.17, 15) is 32.3 Å². The molecule has 1 saturated carbocycles. The molecule has 3 aromatic carbocycles. The lowest BCUT2D eigenvalue weighted by Crippen LogP contribution is -2.53. The van der Waals surface area contributed by atoms with Crippen LogP contribution in [0.2, 0.25) is 0 Å². The number of carboxylic acids is 1. The van der Waals surface area contributed by atoms with Crippen LogP contribution in [-0.2, 0) is 23.9 Å². The van der Waals surface area contributed by atoms with Gasteiger partial charge < -0.3 is 36.8 Å². The molecule has 2 atom stereocenters. The smallest absolute Gasteiger partial charge is 0.475 e. The first-order valence-corrected chi connectivity index (χ1v) is 19.6. The standard InChI is InChI=1S/C38H46BrN5O5.C2HF3O2/c39-23-35(45)41-26-13-10-14-27(22-26)42-36(46)33(19-8-9-20-40)43-37(47)34(21-25-11-2-1-3-12-25)44-38(48)49-24-32-30-17-6-4-15-28(30)29-16-5-7-18-31(29)32;3-2(4,5)1(6)7/h4-7,10,13-18,22,25,32-34H,1-3,8-9,11-12,19-21,23-24,40H2,(H,41,45)(H,42,46)(H,43,47)(H,44,48);(H,6,7)/t33-,34-;/m0./s1. The van der Waals surface area contributed by atoms with Gasteiger partial charge >= 0.3 is 18.2 Å². The Morgan fingerprint density at radius 3 is 1.96 bits per heavy atom. The number of carbonyl (C=O) groups excluding carboxylic acids is 4. The van der Waals surface area contributed by atoms with E-state index in [1.165, 1.54) is 0 Å². The number of alkyl halides is 4. The molecule has 0 saturated heterocycles. The first kappa shape index (κ1) is 43.8. The quantitative estimate of drug-likeness (QED) is 0.0691. The fourth-order valence-electron chi connectivity index (χ4n) is 6.90. The Morgan fingerprint density at radius 2 is 1.39 bits per heavy atom. The van der Waals surface area contributed by atoms with Crippen LogP contribution in [0.15, 0.2) is 72.8 Å². The van der Waals surface area contributed by atoms with Gasteiger partial charge in [0.2, 0.25) is 17.7 Å². The van der Waals surface area contributed by atoms with Crippen molar-refractivity contribution in [2.75, 3.05) is 29.1 Å². The van der Waals surface area contributed by atoms with Crippen molar-refractivity contribution in [3.8, 4) is 11.1 Å². The molecule has 0 unspecified atom stereocenters. The highest BCUT2D eigenvalue weighted by Gasteiger charge is 2.38. The Balaban J connectivity index is 0.000000908. The summed E-state index contributed by atoms with van der Waals surface area (Å²) in [5.41, 5.74) is 11.2. The van der Waals surface area contributed by atoms with Gasteiger partial charge in [-0.3, -0.25) is 14.4 Å². The maximum atomic E-state index is 13.9. The number of ether oxygens (including phenoxy) is 1. The molecule has 56 heavy (non-hydrogen) atoms. The minimum absolute atomic E-state index is 0.106. The predicted octanol–water partition coefficient (Wildman–Crippen LogP) is 7.08. The molecule has 3 aromatic rings. The zero-order valence-corrected chi connectivity index (χ0v) is 32.3. The van der Waals surface area contributed by atoms with E-state index in [0.717, 1.165) is 54.4 Å². The highest BCUT2D eigenvalue weighted by Crippen LogP contribution is 2.44. The van der Waals surface area contributed by atoms with Crippen LogP contribution in [0.25, 0.3) is 11.1 Å². The normalized spacial score (nSPS) is 14.8. The molecule has 302 valence electrons. The van der Waals surface area contributed by atoms with Crippen molar-refractivity contribution in [3.63, 3.8) is 0 Å². The van der Waals surface area contributed by atoms with Crippen LogP contribution in [0.4, 0.5) is 29.3 Å². The molecule has 0 heterocycles. The highest BCUT2D eigenvalue weighted by molar-refractivity contribution is 9.09. The Morgan fingerprint density at radius 1 is 0.804 bits per heavy atom. The molecule has 12 nitrogen and oxygen atoms in total. The van der Waals surface area contributed by atoms with Crippen molar-refractivity contribution in [2.45, 2.75) is 82.0 Å². The largest absolute Gasteiger partial charge is 0.490 e. The topological polar surface area (TPSA) is 189 Å². The second kappa shape index (κ2) is 21.4. The van der Waals surface area contributed by atoms with Crippen molar-refractivity contribution < 1.29 is 47.0 Å². The zero-order chi connectivity index (χ0) is 40.7. The third-order valence-corrected chi connectivity index (χ3v) is 10.1. The number of hydrogen-bond acceptors (Lipinski definition) is 7. The van der Waals surface area contributed by atoms with Crippen LogP contribution in [0.3, 0.4) is 0 Å². The Labute approximate surface area is 331 Å². The van der Waals surface area contributed by atoms with Gasteiger partial charge in [-0.2, -0.15) is 13.2 Å². The van der Waals surface area contributed by atoms with E-state index in [4.69, 9.17) is 20.4 Å². The van der Waals surface area contributed by atoms with Crippen LogP contribution in [0.5, 0.6) is 0 Å². The monoisotopic (exact) mass is 845 g/mol. The van der Waals surface area contributed by atoms with Crippen molar-refractivity contribution in [1.29, 1.82) is 0 Å². The summed E-state index contributed by atoms with van der Waals surface area (Å²) in [5.74, 6) is -3.63. The number of anilines is 2. The second-order valence-corrected chi connectivity index (χ2v) is 14.2. The number of carboxylic acid groups (broad SMARTS) is 1.